The van der Waals surface area contributed by atoms with Crippen LogP contribution in [0, 0.1) is 0 Å². The first kappa shape index (κ1) is 17.4. The lowest BCUT2D eigenvalue weighted by Crippen LogP contribution is -2.47. The topological polar surface area (TPSA) is 67.3 Å². The van der Waals surface area contributed by atoms with Crippen LogP contribution in [0.2, 0.25) is 0 Å². The third-order valence-corrected chi connectivity index (χ3v) is 3.34. The molecule has 0 aromatic carbocycles. The van der Waals surface area contributed by atoms with Crippen LogP contribution in [0.15, 0.2) is 12.4 Å². The van der Waals surface area contributed by atoms with Crippen LogP contribution in [0.4, 0.5) is 19.4 Å². The van der Waals surface area contributed by atoms with Crippen molar-refractivity contribution >= 4 is 11.9 Å². The molecule has 0 saturated carbocycles. The molecule has 1 aromatic heterocycles. The maximum atomic E-state index is 12.7. The Labute approximate surface area is 134 Å². The summed E-state index contributed by atoms with van der Waals surface area (Å²) in [5, 5.41) is 3.09. The van der Waals surface area contributed by atoms with E-state index in [4.69, 9.17) is 4.74 Å². The van der Waals surface area contributed by atoms with E-state index < -0.39 is 12.0 Å². The maximum absolute atomic E-state index is 12.7. The Bertz CT molecular complexity index is 549. The zero-order chi connectivity index (χ0) is 17.0. The number of aromatic nitrogens is 2. The fourth-order valence-electron chi connectivity index (χ4n) is 2.37. The fraction of sp³-hybridized carbons (Fsp3) is 0.667. The van der Waals surface area contributed by atoms with E-state index >= 15 is 0 Å². The largest absolute Gasteiger partial charge is 0.444 e. The van der Waals surface area contributed by atoms with Crippen LogP contribution in [0.1, 0.15) is 45.7 Å². The minimum absolute atomic E-state index is 0.0586. The van der Waals surface area contributed by atoms with Gasteiger partial charge in [0, 0.05) is 25.2 Å². The minimum atomic E-state index is -2.64. The second-order valence-electron chi connectivity index (χ2n) is 6.54. The number of likely N-dealkylation sites (tertiary alicyclic amines) is 1. The summed E-state index contributed by atoms with van der Waals surface area (Å²) in [7, 11) is 0. The third kappa shape index (κ3) is 5.30. The lowest BCUT2D eigenvalue weighted by Gasteiger charge is -2.34. The van der Waals surface area contributed by atoms with Gasteiger partial charge in [0.1, 0.15) is 23.4 Å². The van der Waals surface area contributed by atoms with Crippen LogP contribution in [0.5, 0.6) is 0 Å². The molecule has 0 radical (unpaired) electrons. The molecule has 2 heterocycles. The fourth-order valence-corrected chi connectivity index (χ4v) is 2.37. The van der Waals surface area contributed by atoms with Gasteiger partial charge in [0.15, 0.2) is 0 Å². The van der Waals surface area contributed by atoms with E-state index in [1.54, 1.807) is 4.90 Å². The van der Waals surface area contributed by atoms with Crippen molar-refractivity contribution in [2.75, 3.05) is 18.4 Å². The van der Waals surface area contributed by atoms with Gasteiger partial charge in [0.25, 0.3) is 6.43 Å². The first-order valence-electron chi connectivity index (χ1n) is 7.59. The van der Waals surface area contributed by atoms with E-state index in [0.29, 0.717) is 18.9 Å². The number of alkyl halides is 2. The number of halogens is 2. The quantitative estimate of drug-likeness (QED) is 0.923. The van der Waals surface area contributed by atoms with Crippen molar-refractivity contribution in [3.63, 3.8) is 0 Å². The van der Waals surface area contributed by atoms with Gasteiger partial charge in [-0.1, -0.05) is 0 Å². The van der Waals surface area contributed by atoms with E-state index in [1.807, 2.05) is 20.8 Å². The predicted octanol–water partition coefficient (Wildman–Crippen LogP) is 3.23. The van der Waals surface area contributed by atoms with Crippen LogP contribution >= 0.6 is 0 Å². The Morgan fingerprint density at radius 3 is 2.83 bits per heavy atom. The molecule has 1 fully saturated rings. The van der Waals surface area contributed by atoms with E-state index in [2.05, 4.69) is 15.3 Å². The highest BCUT2D eigenvalue weighted by Gasteiger charge is 2.27. The second kappa shape index (κ2) is 7.06. The van der Waals surface area contributed by atoms with Gasteiger partial charge in [-0.25, -0.2) is 23.5 Å². The molecular weight excluding hydrogens is 306 g/mol. The Balaban J connectivity index is 1.96. The van der Waals surface area contributed by atoms with Crippen molar-refractivity contribution < 1.29 is 18.3 Å². The number of ether oxygens (including phenoxy) is 1. The smallest absolute Gasteiger partial charge is 0.410 e. The number of hydrogen-bond donors (Lipinski definition) is 1. The number of piperidine rings is 1. The minimum Gasteiger partial charge on any atom is -0.444 e. The number of anilines is 1. The summed E-state index contributed by atoms with van der Waals surface area (Å²) in [5.74, 6) is 0.339. The molecule has 0 spiro atoms. The number of carbonyl (C=O) groups is 1. The highest BCUT2D eigenvalue weighted by atomic mass is 19.3. The third-order valence-electron chi connectivity index (χ3n) is 3.34. The monoisotopic (exact) mass is 328 g/mol. The van der Waals surface area contributed by atoms with Gasteiger partial charge in [0.2, 0.25) is 0 Å². The predicted molar refractivity (Wildman–Crippen MR) is 81.4 cm³/mol. The lowest BCUT2D eigenvalue weighted by molar-refractivity contribution is 0.0206. The molecule has 0 aliphatic carbocycles. The van der Waals surface area contributed by atoms with Crippen LogP contribution in [-0.4, -0.2) is 45.7 Å². The van der Waals surface area contributed by atoms with Gasteiger partial charge in [0.05, 0.1) is 0 Å². The summed E-state index contributed by atoms with van der Waals surface area (Å²) in [6.45, 7) is 6.52. The van der Waals surface area contributed by atoms with Crippen LogP contribution < -0.4 is 5.32 Å². The number of nitrogens with one attached hydrogen (secondary N) is 1. The molecule has 1 aliphatic rings. The molecular formula is C15H22F2N4O2. The molecule has 1 N–H and O–H groups in total. The molecule has 1 atom stereocenters. The second-order valence-corrected chi connectivity index (χ2v) is 6.54. The summed E-state index contributed by atoms with van der Waals surface area (Å²) in [5.41, 5.74) is -0.863. The highest BCUT2D eigenvalue weighted by Crippen LogP contribution is 2.21. The summed E-state index contributed by atoms with van der Waals surface area (Å²) in [6, 6.07) is 1.17. The summed E-state index contributed by atoms with van der Waals surface area (Å²) in [6.07, 6.45) is -0.252. The van der Waals surface area contributed by atoms with Crippen LogP contribution in [0.25, 0.3) is 0 Å². The molecule has 0 bridgehead atoms. The van der Waals surface area contributed by atoms with E-state index in [-0.39, 0.29) is 17.8 Å². The first-order chi connectivity index (χ1) is 10.7. The number of carbonyl (C=O) groups excluding carboxylic acids is 1. The summed E-state index contributed by atoms with van der Waals surface area (Å²) < 4.78 is 30.7. The Kier molecular flexibility index (Phi) is 5.33. The van der Waals surface area contributed by atoms with Crippen molar-refractivity contribution in [3.8, 4) is 0 Å². The molecule has 2 rings (SSSR count). The zero-order valence-corrected chi connectivity index (χ0v) is 13.6. The van der Waals surface area contributed by atoms with Gasteiger partial charge in [-0.15, -0.1) is 0 Å². The van der Waals surface area contributed by atoms with E-state index in [9.17, 15) is 13.6 Å². The lowest BCUT2D eigenvalue weighted by atomic mass is 10.1. The van der Waals surface area contributed by atoms with Crippen molar-refractivity contribution in [2.45, 2.75) is 51.7 Å². The van der Waals surface area contributed by atoms with Crippen LogP contribution in [0.3, 0.4) is 0 Å². The van der Waals surface area contributed by atoms with Crippen molar-refractivity contribution in [1.29, 1.82) is 0 Å². The summed E-state index contributed by atoms with van der Waals surface area (Å²) >= 11 is 0. The SMILES string of the molecule is CC(C)(C)OC(=O)N1CCCC(Nc2cc(C(F)F)ncn2)C1. The normalized spacial score (nSPS) is 18.9. The molecule has 1 amide bonds. The number of hydrogen-bond acceptors (Lipinski definition) is 5. The average Bonchev–Trinajstić information content (AvgIpc) is 2.46. The van der Waals surface area contributed by atoms with Gasteiger partial charge in [-0.3, -0.25) is 0 Å². The summed E-state index contributed by atoms with van der Waals surface area (Å²) in [4.78, 5) is 21.2. The molecule has 1 aliphatic heterocycles. The van der Waals surface area contributed by atoms with E-state index in [0.717, 1.165) is 19.2 Å². The average molecular weight is 328 g/mol. The maximum Gasteiger partial charge on any atom is 0.410 e. The number of amides is 1. The molecule has 23 heavy (non-hydrogen) atoms. The zero-order valence-electron chi connectivity index (χ0n) is 13.6. The van der Waals surface area contributed by atoms with Crippen molar-refractivity contribution in [1.82, 2.24) is 14.9 Å². The Morgan fingerprint density at radius 2 is 2.17 bits per heavy atom. The molecule has 6 nitrogen and oxygen atoms in total. The van der Waals surface area contributed by atoms with Crippen LogP contribution in [-0.2, 0) is 4.74 Å². The first-order valence-corrected chi connectivity index (χ1v) is 7.59. The Morgan fingerprint density at radius 1 is 1.43 bits per heavy atom. The van der Waals surface area contributed by atoms with Gasteiger partial charge in [-0.2, -0.15) is 0 Å². The molecule has 1 aromatic rings. The van der Waals surface area contributed by atoms with Gasteiger partial charge >= 0.3 is 6.09 Å². The molecule has 1 saturated heterocycles. The molecule has 1 unspecified atom stereocenters. The Hall–Kier alpha value is -1.99. The molecule has 8 heteroatoms. The number of nitrogens with zero attached hydrogens (tertiary/aromatic N) is 3. The van der Waals surface area contributed by atoms with Gasteiger partial charge in [-0.05, 0) is 33.6 Å². The molecule has 128 valence electrons. The van der Waals surface area contributed by atoms with Crippen molar-refractivity contribution in [2.24, 2.45) is 0 Å². The van der Waals surface area contributed by atoms with E-state index in [1.165, 1.54) is 6.07 Å². The van der Waals surface area contributed by atoms with Crippen molar-refractivity contribution in [3.05, 3.63) is 18.1 Å². The number of rotatable bonds is 3. The van der Waals surface area contributed by atoms with Gasteiger partial charge < -0.3 is 15.0 Å². The highest BCUT2D eigenvalue weighted by molar-refractivity contribution is 5.68. The standard InChI is InChI=1S/C15H22F2N4O2/c1-15(2,3)23-14(22)21-6-4-5-10(8-21)20-12-7-11(13(16)17)18-9-19-12/h7,9-10,13H,4-6,8H2,1-3H3,(H,18,19,20).